The normalized spacial score (nSPS) is 14.4. The summed E-state index contributed by atoms with van der Waals surface area (Å²) in [5.74, 6) is -0.395. The zero-order chi connectivity index (χ0) is 14.6. The molecule has 1 unspecified atom stereocenters. The first-order valence-corrected chi connectivity index (χ1v) is 7.30. The number of aryl methyl sites for hydroxylation is 2. The molecule has 0 bridgehead atoms. The lowest BCUT2D eigenvalue weighted by molar-refractivity contribution is 0.314. The van der Waals surface area contributed by atoms with Crippen molar-refractivity contribution in [3.63, 3.8) is 0 Å². The minimum absolute atomic E-state index is 0.0105. The number of nitrogens with two attached hydrogens (primary N) is 1. The summed E-state index contributed by atoms with van der Waals surface area (Å²) in [5, 5.41) is 11.4. The van der Waals surface area contributed by atoms with Gasteiger partial charge >= 0.3 is 0 Å². The molecule has 1 aromatic rings. The Balaban J connectivity index is 2.91. The average Bonchev–Trinajstić information content (AvgIpc) is 2.37. The molecule has 4 N–H and O–H groups in total. The number of benzene rings is 1. The van der Waals surface area contributed by atoms with E-state index < -0.39 is 10.0 Å². The van der Waals surface area contributed by atoms with Crippen LogP contribution in [0, 0.1) is 19.8 Å². The number of sulfonamides is 1. The van der Waals surface area contributed by atoms with Gasteiger partial charge < -0.3 is 10.9 Å². The Bertz CT molecular complexity index is 582. The lowest BCUT2D eigenvalue weighted by Gasteiger charge is -2.13. The van der Waals surface area contributed by atoms with Gasteiger partial charge in [0, 0.05) is 12.5 Å². The fraction of sp³-hybridized carbons (Fsp3) is 0.417. The van der Waals surface area contributed by atoms with E-state index in [1.165, 1.54) is 0 Å². The van der Waals surface area contributed by atoms with Crippen molar-refractivity contribution < 1.29 is 13.6 Å². The second kappa shape index (κ2) is 6.03. The van der Waals surface area contributed by atoms with E-state index in [9.17, 15) is 8.42 Å². The first kappa shape index (κ1) is 15.5. The molecule has 0 spiro atoms. The fourth-order valence-electron chi connectivity index (χ4n) is 1.51. The van der Waals surface area contributed by atoms with Crippen LogP contribution in [0.25, 0.3) is 0 Å². The molecule has 19 heavy (non-hydrogen) atoms. The summed E-state index contributed by atoms with van der Waals surface area (Å²) in [7, 11) is -3.59. The summed E-state index contributed by atoms with van der Waals surface area (Å²) in [6.07, 6.45) is 0. The van der Waals surface area contributed by atoms with Crippen molar-refractivity contribution in [3.8, 4) is 0 Å². The molecule has 0 aromatic heterocycles. The van der Waals surface area contributed by atoms with E-state index in [4.69, 9.17) is 10.9 Å². The second-order valence-electron chi connectivity index (χ2n) is 4.55. The Morgan fingerprint density at radius 2 is 2.11 bits per heavy atom. The lowest BCUT2D eigenvalue weighted by atomic mass is 10.2. The smallest absolute Gasteiger partial charge is 0.240 e. The molecule has 0 saturated heterocycles. The third-order valence-electron chi connectivity index (χ3n) is 2.83. The van der Waals surface area contributed by atoms with Crippen molar-refractivity contribution in [2.24, 2.45) is 16.8 Å². The van der Waals surface area contributed by atoms with Crippen LogP contribution < -0.4 is 10.5 Å². The Hall–Kier alpha value is -1.60. The SMILES string of the molecule is Cc1ccc(C)c(S(=O)(=O)NCC(C)C(N)=NO)c1. The Morgan fingerprint density at radius 3 is 2.68 bits per heavy atom. The zero-order valence-electron chi connectivity index (χ0n) is 11.2. The summed E-state index contributed by atoms with van der Waals surface area (Å²) in [6, 6.07) is 5.23. The van der Waals surface area contributed by atoms with Gasteiger partial charge in [0.25, 0.3) is 0 Å². The van der Waals surface area contributed by atoms with Crippen molar-refractivity contribution in [3.05, 3.63) is 29.3 Å². The van der Waals surface area contributed by atoms with E-state index in [-0.39, 0.29) is 23.2 Å². The molecule has 0 aliphatic carbocycles. The highest BCUT2D eigenvalue weighted by Gasteiger charge is 2.18. The van der Waals surface area contributed by atoms with Crippen LogP contribution in [0.1, 0.15) is 18.1 Å². The van der Waals surface area contributed by atoms with E-state index in [1.807, 2.05) is 13.0 Å². The quantitative estimate of drug-likeness (QED) is 0.324. The zero-order valence-corrected chi connectivity index (χ0v) is 12.0. The molecule has 0 aliphatic rings. The number of amidine groups is 1. The van der Waals surface area contributed by atoms with Crippen LogP contribution in [-0.2, 0) is 10.0 Å². The van der Waals surface area contributed by atoms with Gasteiger partial charge in [0.05, 0.1) is 4.90 Å². The minimum Gasteiger partial charge on any atom is -0.409 e. The lowest BCUT2D eigenvalue weighted by Crippen LogP contribution is -2.35. The molecule has 0 fully saturated rings. The summed E-state index contributed by atoms with van der Waals surface area (Å²) < 4.78 is 26.8. The Morgan fingerprint density at radius 1 is 1.47 bits per heavy atom. The van der Waals surface area contributed by atoms with Crippen LogP contribution >= 0.6 is 0 Å². The predicted molar refractivity (Wildman–Crippen MR) is 73.7 cm³/mol. The molecule has 0 amide bonds. The van der Waals surface area contributed by atoms with Crippen LogP contribution in [0.2, 0.25) is 0 Å². The van der Waals surface area contributed by atoms with Crippen molar-refractivity contribution >= 4 is 15.9 Å². The van der Waals surface area contributed by atoms with Crippen LogP contribution in [0.5, 0.6) is 0 Å². The van der Waals surface area contributed by atoms with E-state index >= 15 is 0 Å². The van der Waals surface area contributed by atoms with Crippen LogP contribution in [-0.4, -0.2) is 26.0 Å². The monoisotopic (exact) mass is 285 g/mol. The van der Waals surface area contributed by atoms with Crippen molar-refractivity contribution in [1.29, 1.82) is 0 Å². The van der Waals surface area contributed by atoms with Crippen LogP contribution in [0.4, 0.5) is 0 Å². The molecule has 0 radical (unpaired) electrons. The Kier molecular flexibility index (Phi) is 4.90. The van der Waals surface area contributed by atoms with Gasteiger partial charge in [-0.2, -0.15) is 0 Å². The van der Waals surface area contributed by atoms with Gasteiger partial charge in [0.2, 0.25) is 10.0 Å². The third kappa shape index (κ3) is 3.93. The highest BCUT2D eigenvalue weighted by molar-refractivity contribution is 7.89. The molecule has 1 rings (SSSR count). The molecule has 106 valence electrons. The molecule has 0 saturated carbocycles. The molecule has 7 heteroatoms. The maximum absolute atomic E-state index is 12.2. The number of hydrogen-bond acceptors (Lipinski definition) is 4. The molecular formula is C12H19N3O3S. The fourth-order valence-corrected chi connectivity index (χ4v) is 2.97. The third-order valence-corrected chi connectivity index (χ3v) is 4.40. The van der Waals surface area contributed by atoms with E-state index in [1.54, 1.807) is 26.0 Å². The highest BCUT2D eigenvalue weighted by atomic mass is 32.2. The average molecular weight is 285 g/mol. The first-order chi connectivity index (χ1) is 8.77. The van der Waals surface area contributed by atoms with Crippen LogP contribution in [0.3, 0.4) is 0 Å². The standard InChI is InChI=1S/C12H19N3O3S/c1-8-4-5-9(2)11(6-8)19(17,18)14-7-10(3)12(13)15-16/h4-6,10,14,16H,7H2,1-3H3,(H2,13,15). The maximum Gasteiger partial charge on any atom is 0.240 e. The topological polar surface area (TPSA) is 105 Å². The molecule has 0 aliphatic heterocycles. The molecule has 0 heterocycles. The van der Waals surface area contributed by atoms with Gasteiger partial charge in [-0.15, -0.1) is 0 Å². The maximum atomic E-state index is 12.2. The van der Waals surface area contributed by atoms with Crippen molar-refractivity contribution in [2.45, 2.75) is 25.7 Å². The van der Waals surface area contributed by atoms with Crippen LogP contribution in [0.15, 0.2) is 28.3 Å². The predicted octanol–water partition coefficient (Wildman–Crippen LogP) is 0.964. The Labute approximate surface area is 113 Å². The molecule has 6 nitrogen and oxygen atoms in total. The summed E-state index contributed by atoms with van der Waals surface area (Å²) in [4.78, 5) is 0.249. The van der Waals surface area contributed by atoms with Gasteiger partial charge in [-0.05, 0) is 31.0 Å². The number of rotatable bonds is 5. The van der Waals surface area contributed by atoms with Crippen molar-refractivity contribution in [1.82, 2.24) is 4.72 Å². The van der Waals surface area contributed by atoms with E-state index in [0.717, 1.165) is 5.56 Å². The van der Waals surface area contributed by atoms with Gasteiger partial charge in [-0.3, -0.25) is 0 Å². The van der Waals surface area contributed by atoms with Gasteiger partial charge in [-0.25, -0.2) is 13.1 Å². The number of nitrogens with zero attached hydrogens (tertiary/aromatic N) is 1. The largest absolute Gasteiger partial charge is 0.409 e. The number of nitrogens with one attached hydrogen (secondary N) is 1. The minimum atomic E-state index is -3.59. The van der Waals surface area contributed by atoms with Gasteiger partial charge in [0.15, 0.2) is 0 Å². The molecular weight excluding hydrogens is 266 g/mol. The number of oxime groups is 1. The number of hydrogen-bond donors (Lipinski definition) is 3. The van der Waals surface area contributed by atoms with Gasteiger partial charge in [0.1, 0.15) is 5.84 Å². The summed E-state index contributed by atoms with van der Waals surface area (Å²) >= 11 is 0. The van der Waals surface area contributed by atoms with Gasteiger partial charge in [-0.1, -0.05) is 24.2 Å². The second-order valence-corrected chi connectivity index (χ2v) is 6.28. The summed E-state index contributed by atoms with van der Waals surface area (Å²) in [5.41, 5.74) is 6.95. The van der Waals surface area contributed by atoms with E-state index in [0.29, 0.717) is 5.56 Å². The first-order valence-electron chi connectivity index (χ1n) is 5.82. The molecule has 1 atom stereocenters. The highest BCUT2D eigenvalue weighted by Crippen LogP contribution is 2.16. The summed E-state index contributed by atoms with van der Waals surface area (Å²) in [6.45, 7) is 5.31. The van der Waals surface area contributed by atoms with Crippen molar-refractivity contribution in [2.75, 3.05) is 6.54 Å². The molecule has 1 aromatic carbocycles. The van der Waals surface area contributed by atoms with E-state index in [2.05, 4.69) is 9.88 Å².